The number of halogens is 1. The van der Waals surface area contributed by atoms with Gasteiger partial charge in [-0.2, -0.15) is 0 Å². The van der Waals surface area contributed by atoms with Crippen molar-refractivity contribution in [3.63, 3.8) is 0 Å². The van der Waals surface area contributed by atoms with E-state index < -0.39 is 17.5 Å². The van der Waals surface area contributed by atoms with Crippen LogP contribution >= 0.6 is 11.8 Å². The number of methoxy groups -OCH3 is 2. The van der Waals surface area contributed by atoms with Crippen LogP contribution in [0.4, 0.5) is 10.1 Å². The lowest BCUT2D eigenvalue weighted by atomic mass is 10.1. The number of phenols is 1. The third-order valence-electron chi connectivity index (χ3n) is 4.27. The highest BCUT2D eigenvalue weighted by atomic mass is 32.2. The Morgan fingerprint density at radius 2 is 1.94 bits per heavy atom. The number of thioether (sulfide) groups is 1. The number of benzene rings is 2. The Bertz CT molecular complexity index is 1110. The van der Waals surface area contributed by atoms with Crippen molar-refractivity contribution in [2.45, 2.75) is 6.92 Å². The van der Waals surface area contributed by atoms with Gasteiger partial charge in [-0.3, -0.25) is 0 Å². The minimum absolute atomic E-state index is 0.00530. The fourth-order valence-electron chi connectivity index (χ4n) is 2.79. The normalized spacial score (nSPS) is 16.1. The fraction of sp³-hybridized carbons (Fsp3) is 0.182. The monoisotopic (exact) mass is 445 g/mol. The summed E-state index contributed by atoms with van der Waals surface area (Å²) in [7, 11) is 2.87. The van der Waals surface area contributed by atoms with Crippen LogP contribution in [0.15, 0.2) is 57.6 Å². The zero-order chi connectivity index (χ0) is 22.5. The van der Waals surface area contributed by atoms with Crippen LogP contribution in [0.5, 0.6) is 17.2 Å². The Balaban J connectivity index is 2.13. The molecule has 0 saturated heterocycles. The van der Waals surface area contributed by atoms with Gasteiger partial charge in [0.1, 0.15) is 45.1 Å². The van der Waals surface area contributed by atoms with Crippen molar-refractivity contribution < 1.29 is 33.6 Å². The topological polar surface area (TPSA) is 97.6 Å². The van der Waals surface area contributed by atoms with Crippen molar-refractivity contribution in [2.75, 3.05) is 20.8 Å². The quantitative estimate of drug-likeness (QED) is 0.620. The van der Waals surface area contributed by atoms with Crippen LogP contribution in [0, 0.1) is 5.82 Å². The van der Waals surface area contributed by atoms with Gasteiger partial charge >= 0.3 is 5.97 Å². The summed E-state index contributed by atoms with van der Waals surface area (Å²) >= 11 is 0.939. The Morgan fingerprint density at radius 3 is 2.58 bits per heavy atom. The second-order valence-corrected chi connectivity index (χ2v) is 7.22. The van der Waals surface area contributed by atoms with Crippen molar-refractivity contribution in [1.29, 1.82) is 0 Å². The highest BCUT2D eigenvalue weighted by Gasteiger charge is 2.34. The first kappa shape index (κ1) is 22.2. The highest BCUT2D eigenvalue weighted by molar-refractivity contribution is 8.18. The maximum absolute atomic E-state index is 14.1. The summed E-state index contributed by atoms with van der Waals surface area (Å²) in [6, 6.07) is 8.76. The van der Waals surface area contributed by atoms with Crippen molar-refractivity contribution in [3.8, 4) is 17.2 Å². The maximum atomic E-state index is 14.1. The molecule has 2 aromatic rings. The average molecular weight is 445 g/mol. The second-order valence-electron chi connectivity index (χ2n) is 6.19. The van der Waals surface area contributed by atoms with Crippen molar-refractivity contribution in [3.05, 3.63) is 64.0 Å². The molecule has 7 nitrogen and oxygen atoms in total. The van der Waals surface area contributed by atoms with E-state index in [4.69, 9.17) is 14.2 Å². The van der Waals surface area contributed by atoms with E-state index in [0.29, 0.717) is 5.75 Å². The van der Waals surface area contributed by atoms with Gasteiger partial charge in [-0.1, -0.05) is 23.9 Å². The molecule has 0 bridgehead atoms. The minimum Gasteiger partial charge on any atom is -0.507 e. The molecule has 2 aromatic carbocycles. The Labute approximate surface area is 182 Å². The molecule has 1 aliphatic rings. The van der Waals surface area contributed by atoms with Crippen LogP contribution in [-0.4, -0.2) is 42.1 Å². The molecular formula is C22H20FNO6S. The molecular weight excluding hydrogens is 425 g/mol. The lowest BCUT2D eigenvalue weighted by Gasteiger charge is -2.10. The molecule has 0 radical (unpaired) electrons. The number of carbonyl (C=O) groups excluding carboxylic acids is 1. The first-order chi connectivity index (χ1) is 14.9. The zero-order valence-electron chi connectivity index (χ0n) is 17.0. The van der Waals surface area contributed by atoms with E-state index in [9.17, 15) is 19.4 Å². The Kier molecular flexibility index (Phi) is 6.86. The number of aliphatic imine (C=N–C) groups is 1. The van der Waals surface area contributed by atoms with Gasteiger partial charge in [0.05, 0.1) is 31.3 Å². The van der Waals surface area contributed by atoms with Gasteiger partial charge in [-0.05, 0) is 25.1 Å². The molecule has 162 valence electrons. The van der Waals surface area contributed by atoms with E-state index in [1.165, 1.54) is 44.6 Å². The van der Waals surface area contributed by atoms with Gasteiger partial charge < -0.3 is 24.4 Å². The van der Waals surface area contributed by atoms with Crippen LogP contribution in [0.2, 0.25) is 0 Å². The molecule has 2 N–H and O–H groups in total. The largest absolute Gasteiger partial charge is 0.507 e. The number of aliphatic hydroxyl groups excluding tert-OH is 1. The van der Waals surface area contributed by atoms with Gasteiger partial charge in [0.15, 0.2) is 0 Å². The first-order valence-corrected chi connectivity index (χ1v) is 10.00. The third-order valence-corrected chi connectivity index (χ3v) is 5.29. The molecule has 1 heterocycles. The van der Waals surface area contributed by atoms with Crippen LogP contribution < -0.4 is 9.47 Å². The van der Waals surface area contributed by atoms with E-state index >= 15 is 0 Å². The van der Waals surface area contributed by atoms with Crippen LogP contribution in [0.3, 0.4) is 0 Å². The molecule has 3 rings (SSSR count). The lowest BCUT2D eigenvalue weighted by molar-refractivity contribution is -0.138. The molecule has 0 aromatic heterocycles. The van der Waals surface area contributed by atoms with E-state index in [-0.39, 0.29) is 44.9 Å². The SMILES string of the molecule is CCOC(=O)C1=C(O)/C(=C\c2c(O)cc(OC)cc2OC)SC1=Nc1ccccc1F. The van der Waals surface area contributed by atoms with Crippen LogP contribution in [0.1, 0.15) is 12.5 Å². The summed E-state index contributed by atoms with van der Waals surface area (Å²) in [5, 5.41) is 21.2. The minimum atomic E-state index is -0.795. The zero-order valence-corrected chi connectivity index (χ0v) is 17.8. The van der Waals surface area contributed by atoms with Crippen LogP contribution in [0.25, 0.3) is 6.08 Å². The number of hydrogen-bond donors (Lipinski definition) is 2. The number of carbonyl (C=O) groups is 1. The van der Waals surface area contributed by atoms with E-state index in [1.807, 2.05) is 0 Å². The number of phenolic OH excluding ortho intramolecular Hbond substituents is 1. The van der Waals surface area contributed by atoms with Gasteiger partial charge in [0.25, 0.3) is 0 Å². The summed E-state index contributed by atoms with van der Waals surface area (Å²) in [4.78, 5) is 16.9. The lowest BCUT2D eigenvalue weighted by Crippen LogP contribution is -2.12. The smallest absolute Gasteiger partial charge is 0.344 e. The molecule has 0 unspecified atom stereocenters. The molecule has 0 atom stereocenters. The van der Waals surface area contributed by atoms with Gasteiger partial charge in [-0.25, -0.2) is 14.2 Å². The molecule has 0 amide bonds. The molecule has 1 aliphatic heterocycles. The first-order valence-electron chi connectivity index (χ1n) is 9.18. The predicted octanol–water partition coefficient (Wildman–Crippen LogP) is 4.74. The number of ether oxygens (including phenoxy) is 3. The van der Waals surface area contributed by atoms with E-state index in [1.54, 1.807) is 19.1 Å². The number of aromatic hydroxyl groups is 1. The van der Waals surface area contributed by atoms with Gasteiger partial charge in [0, 0.05) is 12.1 Å². The summed E-state index contributed by atoms with van der Waals surface area (Å²) < 4.78 is 29.5. The van der Waals surface area contributed by atoms with Gasteiger partial charge in [0.2, 0.25) is 0 Å². The standard InChI is InChI=1S/C22H20FNO6S/c1-4-30-22(27)19-20(26)18(31-21(19)24-15-8-6-5-7-14(15)23)11-13-16(25)9-12(28-2)10-17(13)29-3/h5-11,25-26H,4H2,1-3H3/b18-11+,24-21?. The molecule has 31 heavy (non-hydrogen) atoms. The molecule has 0 fully saturated rings. The molecule has 0 saturated carbocycles. The van der Waals surface area contributed by atoms with Crippen LogP contribution in [-0.2, 0) is 9.53 Å². The summed E-state index contributed by atoms with van der Waals surface area (Å²) in [6.45, 7) is 1.71. The number of para-hydroxylation sites is 1. The average Bonchev–Trinajstić information content (AvgIpc) is 3.05. The predicted molar refractivity (Wildman–Crippen MR) is 117 cm³/mol. The highest BCUT2D eigenvalue weighted by Crippen LogP contribution is 2.43. The van der Waals surface area contributed by atoms with E-state index in [2.05, 4.69) is 4.99 Å². The molecule has 0 spiro atoms. The fourth-order valence-corrected chi connectivity index (χ4v) is 3.80. The number of esters is 1. The van der Waals surface area contributed by atoms with E-state index in [0.717, 1.165) is 11.8 Å². The maximum Gasteiger partial charge on any atom is 0.344 e. The second kappa shape index (κ2) is 9.57. The van der Waals surface area contributed by atoms with Crippen molar-refractivity contribution >= 4 is 34.5 Å². The van der Waals surface area contributed by atoms with Crippen molar-refractivity contribution in [2.24, 2.45) is 4.99 Å². The summed E-state index contributed by atoms with van der Waals surface area (Å²) in [5.41, 5.74) is 0.0757. The summed E-state index contributed by atoms with van der Waals surface area (Å²) in [5.74, 6) is -1.26. The Morgan fingerprint density at radius 1 is 1.19 bits per heavy atom. The molecule has 0 aliphatic carbocycles. The number of aliphatic hydroxyl groups is 1. The number of hydrogen-bond acceptors (Lipinski definition) is 8. The Hall–Kier alpha value is -3.46. The molecule has 9 heteroatoms. The number of nitrogens with zero attached hydrogens (tertiary/aromatic N) is 1. The third kappa shape index (κ3) is 4.66. The van der Waals surface area contributed by atoms with Crippen molar-refractivity contribution in [1.82, 2.24) is 0 Å². The summed E-state index contributed by atoms with van der Waals surface area (Å²) in [6.07, 6.45) is 1.44. The number of rotatable bonds is 6. The van der Waals surface area contributed by atoms with Gasteiger partial charge in [-0.15, -0.1) is 0 Å².